The number of rotatable bonds is 6. The van der Waals surface area contributed by atoms with Crippen LogP contribution < -0.4 is 9.94 Å². The van der Waals surface area contributed by atoms with Gasteiger partial charge in [-0.1, -0.05) is 11.3 Å². The van der Waals surface area contributed by atoms with Crippen molar-refractivity contribution < 1.29 is 31.2 Å². The first-order valence-corrected chi connectivity index (χ1v) is 13.5. The molecular formula is C17H22N4O7S3. The van der Waals surface area contributed by atoms with E-state index in [9.17, 15) is 26.4 Å². The molecule has 1 unspecified atom stereocenters. The Morgan fingerprint density at radius 1 is 1.29 bits per heavy atom. The fourth-order valence-electron chi connectivity index (χ4n) is 3.36. The van der Waals surface area contributed by atoms with Crippen molar-refractivity contribution >= 4 is 53.5 Å². The van der Waals surface area contributed by atoms with Crippen LogP contribution in [0, 0.1) is 0 Å². The topological polar surface area (TPSA) is 158 Å². The van der Waals surface area contributed by atoms with Crippen LogP contribution in [0.5, 0.6) is 0 Å². The zero-order valence-electron chi connectivity index (χ0n) is 16.8. The smallest absolute Gasteiger partial charge is 0.326 e. The Hall–Kier alpha value is -2.13. The van der Waals surface area contributed by atoms with Crippen LogP contribution in [0.15, 0.2) is 28.1 Å². The normalized spacial score (nSPS) is 18.5. The van der Waals surface area contributed by atoms with E-state index in [1.54, 1.807) is 6.92 Å². The summed E-state index contributed by atoms with van der Waals surface area (Å²) in [6, 6.07) is 3.17. The van der Waals surface area contributed by atoms with Crippen LogP contribution in [0.3, 0.4) is 0 Å². The Morgan fingerprint density at radius 3 is 2.61 bits per heavy atom. The van der Waals surface area contributed by atoms with Crippen LogP contribution in [0.1, 0.15) is 19.8 Å². The van der Waals surface area contributed by atoms with E-state index in [4.69, 9.17) is 9.88 Å². The molecule has 2 N–H and O–H groups in total. The third-order valence-electron chi connectivity index (χ3n) is 4.70. The maximum absolute atomic E-state index is 12.8. The highest BCUT2D eigenvalue weighted by Crippen LogP contribution is 2.23. The van der Waals surface area contributed by atoms with Gasteiger partial charge < -0.3 is 9.30 Å². The lowest BCUT2D eigenvalue weighted by Crippen LogP contribution is -2.40. The van der Waals surface area contributed by atoms with Crippen LogP contribution in [-0.2, 0) is 40.9 Å². The number of thiazole rings is 1. The molecule has 0 aliphatic carbocycles. The number of primary sulfonamides is 1. The minimum atomic E-state index is -3.95. The van der Waals surface area contributed by atoms with Gasteiger partial charge in [0, 0.05) is 6.54 Å². The average Bonchev–Trinajstić information content (AvgIpc) is 3.26. The first-order chi connectivity index (χ1) is 14.4. The number of nitrogens with zero attached hydrogens (tertiary/aromatic N) is 3. The first-order valence-electron chi connectivity index (χ1n) is 9.29. The predicted molar refractivity (Wildman–Crippen MR) is 113 cm³/mol. The summed E-state index contributed by atoms with van der Waals surface area (Å²) < 4.78 is 55.2. The zero-order valence-corrected chi connectivity index (χ0v) is 19.3. The molecule has 2 heterocycles. The molecule has 2 aromatic rings. The van der Waals surface area contributed by atoms with Gasteiger partial charge in [-0.15, -0.1) is 0 Å². The van der Waals surface area contributed by atoms with E-state index in [1.165, 1.54) is 22.8 Å². The molecule has 1 aliphatic rings. The lowest BCUT2D eigenvalue weighted by molar-refractivity contribution is -0.143. The van der Waals surface area contributed by atoms with Gasteiger partial charge in [0.1, 0.15) is 12.6 Å². The van der Waals surface area contributed by atoms with E-state index in [1.807, 2.05) is 0 Å². The zero-order chi connectivity index (χ0) is 23.0. The summed E-state index contributed by atoms with van der Waals surface area (Å²) in [6.07, 6.45) is 1.91. The van der Waals surface area contributed by atoms with Gasteiger partial charge in [-0.05, 0) is 38.0 Å². The minimum absolute atomic E-state index is 0.124. The summed E-state index contributed by atoms with van der Waals surface area (Å²) in [6.45, 7) is 1.79. The van der Waals surface area contributed by atoms with Crippen LogP contribution in [0.25, 0.3) is 10.2 Å². The van der Waals surface area contributed by atoms with Gasteiger partial charge >= 0.3 is 5.97 Å². The predicted octanol–water partition coefficient (Wildman–Crippen LogP) is -0.235. The van der Waals surface area contributed by atoms with Crippen molar-refractivity contribution in [3.05, 3.63) is 23.0 Å². The molecule has 1 aromatic carbocycles. The molecule has 0 radical (unpaired) electrons. The lowest BCUT2D eigenvalue weighted by Gasteiger charge is -2.18. The monoisotopic (exact) mass is 490 g/mol. The quantitative estimate of drug-likeness (QED) is 0.547. The molecule has 31 heavy (non-hydrogen) atoms. The molecule has 14 heteroatoms. The minimum Gasteiger partial charge on any atom is -0.465 e. The first kappa shape index (κ1) is 23.5. The van der Waals surface area contributed by atoms with Crippen molar-refractivity contribution in [1.82, 2.24) is 8.87 Å². The summed E-state index contributed by atoms with van der Waals surface area (Å²) in [5.74, 6) is -1.22. The molecule has 1 aromatic heterocycles. The number of carbonyl (C=O) groups excluding carboxylic acids is 2. The number of carbonyl (C=O) groups is 2. The highest BCUT2D eigenvalue weighted by Gasteiger charge is 2.36. The molecular weight excluding hydrogens is 468 g/mol. The van der Waals surface area contributed by atoms with Gasteiger partial charge in [-0.2, -0.15) is 9.30 Å². The second-order valence-electron chi connectivity index (χ2n) is 6.93. The third kappa shape index (κ3) is 5.20. The number of aromatic nitrogens is 1. The SMILES string of the molecule is CCOC(=O)Cn1c(=NC(=O)C2CCCN2S(C)(=O)=O)sc2cc(S(N)(=O)=O)ccc21. The van der Waals surface area contributed by atoms with Gasteiger partial charge in [0.05, 0.1) is 28.0 Å². The van der Waals surface area contributed by atoms with Gasteiger partial charge in [-0.3, -0.25) is 9.59 Å². The van der Waals surface area contributed by atoms with Crippen molar-refractivity contribution in [2.75, 3.05) is 19.4 Å². The Labute approximate surface area is 183 Å². The summed E-state index contributed by atoms with van der Waals surface area (Å²) in [4.78, 5) is 29.0. The number of hydrogen-bond donors (Lipinski definition) is 1. The van der Waals surface area contributed by atoms with Gasteiger partial charge in [0.2, 0.25) is 20.0 Å². The van der Waals surface area contributed by atoms with E-state index < -0.39 is 38.0 Å². The van der Waals surface area contributed by atoms with E-state index in [0.29, 0.717) is 23.1 Å². The van der Waals surface area contributed by atoms with Gasteiger partial charge in [-0.25, -0.2) is 22.0 Å². The molecule has 170 valence electrons. The van der Waals surface area contributed by atoms with Gasteiger partial charge in [0.25, 0.3) is 5.91 Å². The van der Waals surface area contributed by atoms with Crippen LogP contribution in [-0.4, -0.2) is 63.0 Å². The fraction of sp³-hybridized carbons (Fsp3) is 0.471. The maximum atomic E-state index is 12.8. The number of nitrogens with two attached hydrogens (primary N) is 1. The number of fused-ring (bicyclic) bond motifs is 1. The highest BCUT2D eigenvalue weighted by molar-refractivity contribution is 7.89. The number of amides is 1. The van der Waals surface area contributed by atoms with Crippen molar-refractivity contribution in [1.29, 1.82) is 0 Å². The fourth-order valence-corrected chi connectivity index (χ4v) is 6.16. The average molecular weight is 491 g/mol. The number of benzene rings is 1. The largest absolute Gasteiger partial charge is 0.465 e. The molecule has 0 saturated carbocycles. The second kappa shape index (κ2) is 8.78. The molecule has 3 rings (SSSR count). The molecule has 0 bridgehead atoms. The number of ether oxygens (including phenoxy) is 1. The summed E-state index contributed by atoms with van der Waals surface area (Å²) in [7, 11) is -7.53. The molecule has 1 amide bonds. The van der Waals surface area contributed by atoms with Crippen LogP contribution in [0.4, 0.5) is 0 Å². The number of hydrogen-bond acceptors (Lipinski definition) is 8. The van der Waals surface area contributed by atoms with Crippen molar-refractivity contribution in [3.63, 3.8) is 0 Å². The van der Waals surface area contributed by atoms with Gasteiger partial charge in [0.15, 0.2) is 4.80 Å². The lowest BCUT2D eigenvalue weighted by atomic mass is 10.2. The molecule has 1 aliphatic heterocycles. The standard InChI is InChI=1S/C17H22N4O7S3/c1-3-28-15(22)10-20-12-7-6-11(31(18,26)27)9-14(12)29-17(20)19-16(23)13-5-4-8-21(13)30(2,24)25/h6-7,9,13H,3-5,8,10H2,1-2H3,(H2,18,26,27). The third-order valence-corrected chi connectivity index (χ3v) is 7.94. The number of sulfonamides is 2. The molecule has 1 atom stereocenters. The summed E-state index contributed by atoms with van der Waals surface area (Å²) >= 11 is 0.990. The summed E-state index contributed by atoms with van der Waals surface area (Å²) in [5.41, 5.74) is 0.461. The Balaban J connectivity index is 2.12. The van der Waals surface area contributed by atoms with Crippen molar-refractivity contribution in [2.45, 2.75) is 37.2 Å². The van der Waals surface area contributed by atoms with E-state index in [2.05, 4.69) is 4.99 Å². The van der Waals surface area contributed by atoms with E-state index >= 15 is 0 Å². The number of esters is 1. The van der Waals surface area contributed by atoms with Crippen molar-refractivity contribution in [2.24, 2.45) is 10.1 Å². The maximum Gasteiger partial charge on any atom is 0.326 e. The molecule has 1 saturated heterocycles. The molecule has 11 nitrogen and oxygen atoms in total. The summed E-state index contributed by atoms with van der Waals surface area (Å²) in [5, 5.41) is 5.19. The van der Waals surface area contributed by atoms with Crippen LogP contribution >= 0.6 is 11.3 Å². The second-order valence-corrected chi connectivity index (χ2v) is 11.4. The Bertz CT molecular complexity index is 1310. The van der Waals surface area contributed by atoms with E-state index in [0.717, 1.165) is 21.9 Å². The van der Waals surface area contributed by atoms with Crippen LogP contribution in [0.2, 0.25) is 0 Å². The Morgan fingerprint density at radius 2 is 2.00 bits per heavy atom. The Kier molecular flexibility index (Phi) is 6.67. The van der Waals surface area contributed by atoms with E-state index in [-0.39, 0.29) is 29.4 Å². The van der Waals surface area contributed by atoms with Crippen molar-refractivity contribution in [3.8, 4) is 0 Å². The molecule has 0 spiro atoms. The highest BCUT2D eigenvalue weighted by atomic mass is 32.2. The molecule has 1 fully saturated rings.